The number of hydrogen-bond acceptors (Lipinski definition) is 4. The second-order valence-corrected chi connectivity index (χ2v) is 8.92. The number of carbonyl (C=O) groups is 1. The number of hydrogen-bond donors (Lipinski definition) is 2. The van der Waals surface area contributed by atoms with E-state index in [2.05, 4.69) is 19.9 Å². The number of rotatable bonds is 6. The second kappa shape index (κ2) is 12.7. The molecule has 0 bridgehead atoms. The number of pyridine rings is 2. The molecule has 6 nitrogen and oxygen atoms in total. The van der Waals surface area contributed by atoms with Gasteiger partial charge in [0.15, 0.2) is 0 Å². The van der Waals surface area contributed by atoms with Gasteiger partial charge in [-0.3, -0.25) is 9.97 Å². The fourth-order valence-electron chi connectivity index (χ4n) is 4.45. The lowest BCUT2D eigenvalue weighted by molar-refractivity contribution is 0.0527. The van der Waals surface area contributed by atoms with Gasteiger partial charge in [0.2, 0.25) is 0 Å². The van der Waals surface area contributed by atoms with Crippen LogP contribution in [0.1, 0.15) is 17.3 Å². The number of esters is 1. The zero-order valence-electron chi connectivity index (χ0n) is 22.1. The Morgan fingerprint density at radius 2 is 1.22 bits per heavy atom. The van der Waals surface area contributed by atoms with Gasteiger partial charge in [0.05, 0.1) is 23.6 Å². The van der Waals surface area contributed by atoms with Gasteiger partial charge >= 0.3 is 5.97 Å². The molecule has 4 heterocycles. The summed E-state index contributed by atoms with van der Waals surface area (Å²) in [7, 11) is 0. The van der Waals surface area contributed by atoms with Crippen molar-refractivity contribution in [1.82, 2.24) is 19.9 Å². The fraction of sp³-hybridized carbons (Fsp3) is 0.0606. The molecule has 6 aromatic rings. The fourth-order valence-corrected chi connectivity index (χ4v) is 4.45. The van der Waals surface area contributed by atoms with Crippen molar-refractivity contribution in [3.8, 4) is 44.8 Å². The van der Waals surface area contributed by atoms with E-state index in [0.29, 0.717) is 12.2 Å². The van der Waals surface area contributed by atoms with Crippen molar-refractivity contribution >= 4 is 5.97 Å². The largest absolute Gasteiger partial charge is 0.462 e. The molecule has 0 spiro atoms. The molecule has 204 valence electrons. The van der Waals surface area contributed by atoms with E-state index in [9.17, 15) is 13.6 Å². The number of aromatic amines is 2. The molecule has 0 aliphatic carbocycles. The van der Waals surface area contributed by atoms with Crippen LogP contribution in [0.3, 0.4) is 0 Å². The number of aromatic nitrogens is 4. The Morgan fingerprint density at radius 1 is 0.683 bits per heavy atom. The van der Waals surface area contributed by atoms with Crippen molar-refractivity contribution in [3.05, 3.63) is 133 Å². The van der Waals surface area contributed by atoms with Crippen LogP contribution in [0.2, 0.25) is 0 Å². The third kappa shape index (κ3) is 6.28. The summed E-state index contributed by atoms with van der Waals surface area (Å²) in [6.07, 6.45) is 10.3. The van der Waals surface area contributed by atoms with Gasteiger partial charge in [0.25, 0.3) is 0 Å². The molecule has 0 amide bonds. The van der Waals surface area contributed by atoms with Crippen LogP contribution in [-0.2, 0) is 4.74 Å². The highest BCUT2D eigenvalue weighted by molar-refractivity contribution is 6.01. The van der Waals surface area contributed by atoms with Crippen LogP contribution in [0.4, 0.5) is 8.78 Å². The Hall–Kier alpha value is -5.37. The molecule has 0 unspecified atom stereocenters. The minimum absolute atomic E-state index is 0.226. The van der Waals surface area contributed by atoms with Gasteiger partial charge in [-0.2, -0.15) is 0 Å². The number of nitrogens with one attached hydrogen (secondary N) is 2. The Balaban J connectivity index is 0.000000169. The average Bonchev–Trinajstić information content (AvgIpc) is 3.68. The smallest absolute Gasteiger partial charge is 0.340 e. The van der Waals surface area contributed by atoms with Gasteiger partial charge in [0.1, 0.15) is 11.6 Å². The molecule has 2 N–H and O–H groups in total. The highest BCUT2D eigenvalue weighted by Crippen LogP contribution is 2.35. The molecular formula is C33H26F2N4O2. The van der Waals surface area contributed by atoms with Gasteiger partial charge in [-0.15, -0.1) is 0 Å². The van der Waals surface area contributed by atoms with Crippen molar-refractivity contribution in [2.75, 3.05) is 6.61 Å². The van der Waals surface area contributed by atoms with Crippen LogP contribution in [0.5, 0.6) is 0 Å². The molecule has 0 radical (unpaired) electrons. The Bertz CT molecular complexity index is 1710. The number of nitrogens with zero attached hydrogens (tertiary/aromatic N) is 2. The van der Waals surface area contributed by atoms with Gasteiger partial charge in [-0.25, -0.2) is 13.6 Å². The molecule has 2 aromatic carbocycles. The zero-order chi connectivity index (χ0) is 28.6. The van der Waals surface area contributed by atoms with Gasteiger partial charge in [-0.1, -0.05) is 0 Å². The third-order valence-corrected chi connectivity index (χ3v) is 6.35. The van der Waals surface area contributed by atoms with E-state index in [1.165, 1.54) is 24.3 Å². The lowest BCUT2D eigenvalue weighted by atomic mass is 9.98. The quantitative estimate of drug-likeness (QED) is 0.207. The number of halogens is 2. The van der Waals surface area contributed by atoms with Crippen LogP contribution in [0.15, 0.2) is 116 Å². The van der Waals surface area contributed by atoms with Gasteiger partial charge in [0, 0.05) is 48.3 Å². The van der Waals surface area contributed by atoms with Crippen molar-refractivity contribution in [1.29, 1.82) is 0 Å². The summed E-state index contributed by atoms with van der Waals surface area (Å²) in [6.45, 7) is 2.06. The molecule has 4 aromatic heterocycles. The molecule has 0 atom stereocenters. The number of carbonyl (C=O) groups excluding carboxylic acids is 1. The van der Waals surface area contributed by atoms with Crippen LogP contribution < -0.4 is 0 Å². The maximum atomic E-state index is 13.2. The second-order valence-electron chi connectivity index (χ2n) is 8.92. The topological polar surface area (TPSA) is 83.7 Å². The molecule has 0 saturated carbocycles. The summed E-state index contributed by atoms with van der Waals surface area (Å²) in [5.74, 6) is -0.934. The van der Waals surface area contributed by atoms with Crippen LogP contribution in [0, 0.1) is 11.6 Å². The summed E-state index contributed by atoms with van der Waals surface area (Å²) in [5.41, 5.74) is 7.65. The number of benzene rings is 2. The van der Waals surface area contributed by atoms with Crippen molar-refractivity contribution in [3.63, 3.8) is 0 Å². The molecule has 0 fully saturated rings. The van der Waals surface area contributed by atoms with E-state index < -0.39 is 5.97 Å². The highest BCUT2D eigenvalue weighted by atomic mass is 19.1. The first-order chi connectivity index (χ1) is 20.0. The summed E-state index contributed by atoms with van der Waals surface area (Å²) < 4.78 is 31.2. The summed E-state index contributed by atoms with van der Waals surface area (Å²) in [4.78, 5) is 26.5. The van der Waals surface area contributed by atoms with Crippen LogP contribution in [0.25, 0.3) is 44.8 Å². The van der Waals surface area contributed by atoms with E-state index >= 15 is 0 Å². The highest BCUT2D eigenvalue weighted by Gasteiger charge is 2.21. The molecule has 0 aliphatic heterocycles. The Labute approximate surface area is 235 Å². The van der Waals surface area contributed by atoms with Gasteiger partial charge in [-0.05, 0) is 108 Å². The minimum atomic E-state index is -0.399. The molecule has 0 aliphatic rings. The van der Waals surface area contributed by atoms with Crippen molar-refractivity contribution in [2.24, 2.45) is 0 Å². The molecule has 0 saturated heterocycles. The van der Waals surface area contributed by atoms with Crippen molar-refractivity contribution < 1.29 is 18.3 Å². The van der Waals surface area contributed by atoms with Crippen LogP contribution in [-0.4, -0.2) is 32.5 Å². The SMILES string of the molecule is CCOC(=O)c1c[nH]c(-c2ccc(F)cc2)c1-c1ccncc1.Fc1ccc(-c2[nH]ccc2-c2ccncc2)cc1. The predicted octanol–water partition coefficient (Wildman–Crippen LogP) is 7.94. The number of H-pyrrole nitrogens is 2. The minimum Gasteiger partial charge on any atom is -0.462 e. The maximum absolute atomic E-state index is 13.2. The van der Waals surface area contributed by atoms with Gasteiger partial charge < -0.3 is 14.7 Å². The third-order valence-electron chi connectivity index (χ3n) is 6.35. The number of ether oxygens (including phenoxy) is 1. The maximum Gasteiger partial charge on any atom is 0.340 e. The first-order valence-electron chi connectivity index (χ1n) is 12.9. The monoisotopic (exact) mass is 548 g/mol. The lowest BCUT2D eigenvalue weighted by Gasteiger charge is -2.08. The van der Waals surface area contributed by atoms with E-state index in [1.807, 2.05) is 36.5 Å². The molecule has 8 heteroatoms. The molecular weight excluding hydrogens is 522 g/mol. The molecule has 41 heavy (non-hydrogen) atoms. The Kier molecular flexibility index (Phi) is 8.40. The van der Waals surface area contributed by atoms with Crippen LogP contribution >= 0.6 is 0 Å². The van der Waals surface area contributed by atoms with Crippen molar-refractivity contribution in [2.45, 2.75) is 6.92 Å². The predicted molar refractivity (Wildman–Crippen MR) is 155 cm³/mol. The lowest BCUT2D eigenvalue weighted by Crippen LogP contribution is -2.04. The molecule has 6 rings (SSSR count). The van der Waals surface area contributed by atoms with E-state index in [1.54, 1.807) is 62.2 Å². The van der Waals surface area contributed by atoms with E-state index in [-0.39, 0.29) is 11.6 Å². The standard InChI is InChI=1S/C18H15FN2O2.C15H11FN2/c1-2-23-18(22)15-11-21-17(13-3-5-14(19)6-4-13)16(15)12-7-9-20-10-8-12;16-13-3-1-12(2-4-13)15-14(7-10-18-15)11-5-8-17-9-6-11/h3-11,21H,2H2,1H3;1-10,18H. The Morgan fingerprint density at radius 3 is 1.78 bits per heavy atom. The first-order valence-corrected chi connectivity index (χ1v) is 12.9. The summed E-state index contributed by atoms with van der Waals surface area (Å²) >= 11 is 0. The zero-order valence-corrected chi connectivity index (χ0v) is 22.1. The van der Waals surface area contributed by atoms with E-state index in [0.717, 1.165) is 44.8 Å². The summed E-state index contributed by atoms with van der Waals surface area (Å²) in [6, 6.07) is 22.1. The first kappa shape index (κ1) is 27.2. The summed E-state index contributed by atoms with van der Waals surface area (Å²) in [5, 5.41) is 0. The van der Waals surface area contributed by atoms with E-state index in [4.69, 9.17) is 4.74 Å². The normalized spacial score (nSPS) is 10.5. The average molecular weight is 549 g/mol.